The highest BCUT2D eigenvalue weighted by atomic mass is 16.5. The Balaban J connectivity index is 1.84. The molecule has 3 rings (SSSR count). The molecule has 1 fully saturated rings. The molecule has 1 saturated heterocycles. The minimum absolute atomic E-state index is 0.208. The highest BCUT2D eigenvalue weighted by Gasteiger charge is 2.22. The fourth-order valence-electron chi connectivity index (χ4n) is 2.62. The second kappa shape index (κ2) is 6.04. The molecule has 3 heterocycles. The van der Waals surface area contributed by atoms with E-state index in [1.54, 1.807) is 24.2 Å². The van der Waals surface area contributed by atoms with E-state index in [2.05, 4.69) is 25.0 Å². The summed E-state index contributed by atoms with van der Waals surface area (Å²) >= 11 is 0. The lowest BCUT2D eigenvalue weighted by Gasteiger charge is -2.32. The van der Waals surface area contributed by atoms with E-state index in [9.17, 15) is 0 Å². The molecule has 1 unspecified atom stereocenters. The third kappa shape index (κ3) is 3.10. The maximum absolute atomic E-state index is 5.81. The van der Waals surface area contributed by atoms with Gasteiger partial charge in [-0.15, -0.1) is 0 Å². The number of ether oxygens (including phenoxy) is 1. The summed E-state index contributed by atoms with van der Waals surface area (Å²) in [6.07, 6.45) is 5.71. The zero-order valence-electron chi connectivity index (χ0n) is 12.0. The summed E-state index contributed by atoms with van der Waals surface area (Å²) in [7, 11) is 1.73. The highest BCUT2D eigenvalue weighted by molar-refractivity contribution is 5.38. The Kier molecular flexibility index (Phi) is 3.96. The second-order valence-corrected chi connectivity index (χ2v) is 5.15. The molecule has 0 spiro atoms. The molecule has 0 bridgehead atoms. The average Bonchev–Trinajstić information content (AvgIpc) is 3.01. The third-order valence-electron chi connectivity index (χ3n) is 3.54. The Morgan fingerprint density at radius 1 is 1.33 bits per heavy atom. The van der Waals surface area contributed by atoms with Crippen LogP contribution in [0, 0.1) is 5.92 Å². The van der Waals surface area contributed by atoms with Crippen LogP contribution < -0.4 is 10.6 Å². The van der Waals surface area contributed by atoms with Crippen molar-refractivity contribution in [3.05, 3.63) is 18.5 Å². The van der Waals surface area contributed by atoms with Crippen molar-refractivity contribution in [1.29, 1.82) is 0 Å². The van der Waals surface area contributed by atoms with Crippen molar-refractivity contribution in [3.8, 4) is 5.95 Å². The van der Waals surface area contributed by atoms with Crippen LogP contribution in [0.25, 0.3) is 5.95 Å². The first-order chi connectivity index (χ1) is 10.3. The first-order valence-corrected chi connectivity index (χ1v) is 7.01. The van der Waals surface area contributed by atoms with Crippen LogP contribution in [-0.2, 0) is 4.74 Å². The number of anilines is 2. The number of piperidine rings is 1. The van der Waals surface area contributed by atoms with E-state index in [0.717, 1.165) is 32.5 Å². The van der Waals surface area contributed by atoms with E-state index in [1.807, 2.05) is 6.07 Å². The van der Waals surface area contributed by atoms with Crippen molar-refractivity contribution < 1.29 is 4.74 Å². The van der Waals surface area contributed by atoms with Crippen LogP contribution in [0.15, 0.2) is 18.5 Å². The topological polar surface area (TPSA) is 95.0 Å². The van der Waals surface area contributed by atoms with Crippen LogP contribution in [0.5, 0.6) is 0 Å². The maximum Gasteiger partial charge on any atom is 0.257 e. The predicted molar refractivity (Wildman–Crippen MR) is 78.2 cm³/mol. The van der Waals surface area contributed by atoms with Crippen LogP contribution in [0.4, 0.5) is 11.9 Å². The first-order valence-electron chi connectivity index (χ1n) is 7.01. The summed E-state index contributed by atoms with van der Waals surface area (Å²) in [5.41, 5.74) is 5.81. The number of hydrogen-bond donors (Lipinski definition) is 1. The van der Waals surface area contributed by atoms with Gasteiger partial charge in [-0.3, -0.25) is 0 Å². The van der Waals surface area contributed by atoms with Gasteiger partial charge in [-0.25, -0.2) is 4.68 Å². The Bertz CT molecular complexity index is 584. The van der Waals surface area contributed by atoms with E-state index in [4.69, 9.17) is 10.5 Å². The van der Waals surface area contributed by atoms with E-state index in [-0.39, 0.29) is 5.95 Å². The lowest BCUT2D eigenvalue weighted by Crippen LogP contribution is -2.38. The molecule has 112 valence electrons. The Morgan fingerprint density at radius 3 is 2.95 bits per heavy atom. The molecule has 1 aliphatic rings. The van der Waals surface area contributed by atoms with Crippen LogP contribution in [0.2, 0.25) is 0 Å². The van der Waals surface area contributed by atoms with E-state index in [1.165, 1.54) is 0 Å². The van der Waals surface area contributed by atoms with Crippen molar-refractivity contribution >= 4 is 11.9 Å². The molecule has 0 radical (unpaired) electrons. The number of nitrogens with zero attached hydrogens (tertiary/aromatic N) is 6. The Hall–Kier alpha value is -2.22. The maximum atomic E-state index is 5.81. The number of nitrogen functional groups attached to an aromatic ring is 1. The van der Waals surface area contributed by atoms with Crippen molar-refractivity contribution in [1.82, 2.24) is 24.7 Å². The average molecular weight is 289 g/mol. The molecule has 2 aromatic rings. The molecule has 0 aromatic carbocycles. The summed E-state index contributed by atoms with van der Waals surface area (Å²) < 4.78 is 6.83. The van der Waals surface area contributed by atoms with Gasteiger partial charge in [0.1, 0.15) is 0 Å². The standard InChI is InChI=1S/C13H19N7O/c1-21-9-10-4-2-6-19(8-10)12-16-11(14)17-13(18-12)20-7-3-5-15-20/h3,5,7,10H,2,4,6,8-9H2,1H3,(H2,14,16,17,18). The summed E-state index contributed by atoms with van der Waals surface area (Å²) in [5, 5.41) is 4.13. The van der Waals surface area contributed by atoms with Gasteiger partial charge in [-0.1, -0.05) is 0 Å². The molecule has 0 saturated carbocycles. The molecule has 8 nitrogen and oxygen atoms in total. The molecule has 2 N–H and O–H groups in total. The fraction of sp³-hybridized carbons (Fsp3) is 0.538. The fourth-order valence-corrected chi connectivity index (χ4v) is 2.62. The molecule has 21 heavy (non-hydrogen) atoms. The van der Waals surface area contributed by atoms with E-state index in [0.29, 0.717) is 17.8 Å². The lowest BCUT2D eigenvalue weighted by molar-refractivity contribution is 0.143. The van der Waals surface area contributed by atoms with Gasteiger partial charge in [-0.2, -0.15) is 20.1 Å². The van der Waals surface area contributed by atoms with Gasteiger partial charge in [-0.05, 0) is 24.8 Å². The summed E-state index contributed by atoms with van der Waals surface area (Å²) in [4.78, 5) is 15.0. The van der Waals surface area contributed by atoms with Gasteiger partial charge < -0.3 is 15.4 Å². The largest absolute Gasteiger partial charge is 0.384 e. The van der Waals surface area contributed by atoms with Crippen molar-refractivity contribution in [2.24, 2.45) is 5.92 Å². The summed E-state index contributed by atoms with van der Waals surface area (Å²) in [6, 6.07) is 1.81. The molecule has 0 aliphatic carbocycles. The van der Waals surface area contributed by atoms with Crippen LogP contribution in [0.3, 0.4) is 0 Å². The van der Waals surface area contributed by atoms with Crippen molar-refractivity contribution in [2.75, 3.05) is 37.4 Å². The minimum Gasteiger partial charge on any atom is -0.384 e. The zero-order valence-corrected chi connectivity index (χ0v) is 12.0. The normalized spacial score (nSPS) is 18.9. The smallest absolute Gasteiger partial charge is 0.257 e. The molecule has 2 aromatic heterocycles. The summed E-state index contributed by atoms with van der Waals surface area (Å²) in [5.74, 6) is 1.75. The minimum atomic E-state index is 0.208. The first kappa shape index (κ1) is 13.7. The molecular formula is C13H19N7O. The van der Waals surface area contributed by atoms with Crippen molar-refractivity contribution in [3.63, 3.8) is 0 Å². The predicted octanol–water partition coefficient (Wildman–Crippen LogP) is 0.502. The zero-order chi connectivity index (χ0) is 14.7. The monoisotopic (exact) mass is 289 g/mol. The van der Waals surface area contributed by atoms with E-state index >= 15 is 0 Å². The number of nitrogens with two attached hydrogens (primary N) is 1. The number of methoxy groups -OCH3 is 1. The number of rotatable bonds is 4. The van der Waals surface area contributed by atoms with Crippen LogP contribution in [-0.4, -0.2) is 51.5 Å². The van der Waals surface area contributed by atoms with E-state index < -0.39 is 0 Å². The third-order valence-corrected chi connectivity index (χ3v) is 3.54. The molecule has 1 aliphatic heterocycles. The Labute approximate surface area is 123 Å². The number of hydrogen-bond acceptors (Lipinski definition) is 7. The SMILES string of the molecule is COCC1CCCN(c2nc(N)nc(-n3cccn3)n2)C1. The van der Waals surface area contributed by atoms with Gasteiger partial charge in [0.15, 0.2) is 0 Å². The van der Waals surface area contributed by atoms with Gasteiger partial charge in [0, 0.05) is 32.6 Å². The Morgan fingerprint density at radius 2 is 2.19 bits per heavy atom. The molecule has 8 heteroatoms. The van der Waals surface area contributed by atoms with Gasteiger partial charge in [0.2, 0.25) is 11.9 Å². The van der Waals surface area contributed by atoms with Crippen molar-refractivity contribution in [2.45, 2.75) is 12.8 Å². The second-order valence-electron chi connectivity index (χ2n) is 5.15. The molecule has 0 amide bonds. The van der Waals surface area contributed by atoms with Gasteiger partial charge >= 0.3 is 0 Å². The number of aromatic nitrogens is 5. The molecule has 1 atom stereocenters. The highest BCUT2D eigenvalue weighted by Crippen LogP contribution is 2.21. The van der Waals surface area contributed by atoms with Crippen LogP contribution in [0.1, 0.15) is 12.8 Å². The van der Waals surface area contributed by atoms with Gasteiger partial charge in [0.05, 0.1) is 6.61 Å². The summed E-state index contributed by atoms with van der Waals surface area (Å²) in [6.45, 7) is 2.54. The quantitative estimate of drug-likeness (QED) is 0.875. The lowest BCUT2D eigenvalue weighted by atomic mass is 9.99. The molecular weight excluding hydrogens is 270 g/mol. The van der Waals surface area contributed by atoms with Gasteiger partial charge in [0.25, 0.3) is 5.95 Å². The van der Waals surface area contributed by atoms with Crippen LogP contribution >= 0.6 is 0 Å².